The molecule has 0 aliphatic rings. The predicted octanol–water partition coefficient (Wildman–Crippen LogP) is 4.36. The number of aryl methyl sites for hydroxylation is 2. The highest BCUT2D eigenvalue weighted by molar-refractivity contribution is 9.10. The van der Waals surface area contributed by atoms with Crippen molar-refractivity contribution >= 4 is 55.4 Å². The van der Waals surface area contributed by atoms with Crippen molar-refractivity contribution in [3.8, 4) is 0 Å². The molecule has 0 aliphatic heterocycles. The lowest BCUT2D eigenvalue weighted by Crippen LogP contribution is -2.27. The third kappa shape index (κ3) is 3.12. The number of rotatable bonds is 5. The highest BCUT2D eigenvalue weighted by Gasteiger charge is 2.16. The smallest absolute Gasteiger partial charge is 0.268 e. The van der Waals surface area contributed by atoms with Crippen molar-refractivity contribution in [2.24, 2.45) is 7.05 Å². The van der Waals surface area contributed by atoms with Crippen molar-refractivity contribution in [1.29, 1.82) is 0 Å². The van der Waals surface area contributed by atoms with E-state index in [0.717, 1.165) is 22.8 Å². The van der Waals surface area contributed by atoms with Gasteiger partial charge in [-0.15, -0.1) is 0 Å². The summed E-state index contributed by atoms with van der Waals surface area (Å²) < 4.78 is 9.87. The summed E-state index contributed by atoms with van der Waals surface area (Å²) in [7, 11) is 1.85. The number of hydrogen-bond acceptors (Lipinski definition) is 3. The van der Waals surface area contributed by atoms with Crippen LogP contribution >= 0.6 is 27.5 Å². The SMILES string of the molecule is Cn1c(C(=O)NCCCn2ncc3ccc(Cl)cc32)cc2oc(Br)cc21. The molecule has 4 aromatic rings. The molecule has 1 N–H and O–H groups in total. The van der Waals surface area contributed by atoms with Crippen LogP contribution in [-0.4, -0.2) is 26.8 Å². The van der Waals surface area contributed by atoms with Crippen LogP contribution in [0.4, 0.5) is 0 Å². The fourth-order valence-corrected chi connectivity index (χ4v) is 3.60. The Kier molecular flexibility index (Phi) is 4.50. The number of hydrogen-bond donors (Lipinski definition) is 1. The molecule has 0 atom stereocenters. The number of furan rings is 1. The second kappa shape index (κ2) is 6.81. The van der Waals surface area contributed by atoms with Crippen molar-refractivity contribution in [1.82, 2.24) is 19.7 Å². The molecule has 4 rings (SSSR count). The number of fused-ring (bicyclic) bond motifs is 2. The van der Waals surface area contributed by atoms with E-state index in [1.54, 1.807) is 6.07 Å². The van der Waals surface area contributed by atoms with Gasteiger partial charge in [-0.3, -0.25) is 9.48 Å². The fourth-order valence-electron chi connectivity index (χ4n) is 3.04. The van der Waals surface area contributed by atoms with Gasteiger partial charge in [-0.1, -0.05) is 11.6 Å². The van der Waals surface area contributed by atoms with Gasteiger partial charge >= 0.3 is 0 Å². The van der Waals surface area contributed by atoms with Gasteiger partial charge in [0.1, 0.15) is 5.69 Å². The van der Waals surface area contributed by atoms with E-state index in [9.17, 15) is 4.79 Å². The van der Waals surface area contributed by atoms with Crippen LogP contribution in [0.2, 0.25) is 5.02 Å². The maximum atomic E-state index is 12.4. The van der Waals surface area contributed by atoms with E-state index in [-0.39, 0.29) is 5.91 Å². The van der Waals surface area contributed by atoms with Gasteiger partial charge in [-0.25, -0.2) is 0 Å². The van der Waals surface area contributed by atoms with Gasteiger partial charge in [-0.05, 0) is 40.5 Å². The topological polar surface area (TPSA) is 65.0 Å². The first kappa shape index (κ1) is 17.2. The molecule has 0 spiro atoms. The van der Waals surface area contributed by atoms with E-state index in [0.29, 0.717) is 34.1 Å². The number of nitrogens with one attached hydrogen (secondary N) is 1. The van der Waals surface area contributed by atoms with Gasteiger partial charge in [0.15, 0.2) is 10.3 Å². The average Bonchev–Trinajstić information content (AvgIpc) is 3.26. The average molecular weight is 436 g/mol. The van der Waals surface area contributed by atoms with Crippen LogP contribution in [-0.2, 0) is 13.6 Å². The first-order valence-electron chi connectivity index (χ1n) is 8.17. The molecule has 6 nitrogen and oxygen atoms in total. The number of carbonyl (C=O) groups excluding carboxylic acids is 1. The fraction of sp³-hybridized carbons (Fsp3) is 0.222. The molecule has 134 valence electrons. The Morgan fingerprint density at radius 1 is 1.31 bits per heavy atom. The number of halogens is 2. The summed E-state index contributed by atoms with van der Waals surface area (Å²) in [4.78, 5) is 12.4. The maximum Gasteiger partial charge on any atom is 0.268 e. The van der Waals surface area contributed by atoms with Crippen LogP contribution in [0.1, 0.15) is 16.9 Å². The summed E-state index contributed by atoms with van der Waals surface area (Å²) in [5.41, 5.74) is 3.13. The molecule has 0 radical (unpaired) electrons. The number of aromatic nitrogens is 3. The van der Waals surface area contributed by atoms with E-state index in [4.69, 9.17) is 16.0 Å². The lowest BCUT2D eigenvalue weighted by atomic mass is 10.2. The molecule has 0 bridgehead atoms. The third-order valence-electron chi connectivity index (χ3n) is 4.37. The molecule has 0 saturated carbocycles. The molecule has 0 unspecified atom stereocenters. The largest absolute Gasteiger partial charge is 0.448 e. The zero-order chi connectivity index (χ0) is 18.3. The molecule has 3 heterocycles. The van der Waals surface area contributed by atoms with Crippen molar-refractivity contribution in [3.05, 3.63) is 51.9 Å². The summed E-state index contributed by atoms with van der Waals surface area (Å²) in [6.45, 7) is 1.25. The molecule has 1 aromatic carbocycles. The van der Waals surface area contributed by atoms with Gasteiger partial charge < -0.3 is 14.3 Å². The Labute approximate surface area is 162 Å². The van der Waals surface area contributed by atoms with Crippen LogP contribution in [0.25, 0.3) is 22.0 Å². The number of benzene rings is 1. The van der Waals surface area contributed by atoms with E-state index in [2.05, 4.69) is 26.3 Å². The first-order chi connectivity index (χ1) is 12.5. The van der Waals surface area contributed by atoms with Gasteiger partial charge in [-0.2, -0.15) is 5.10 Å². The normalized spacial score (nSPS) is 11.5. The van der Waals surface area contributed by atoms with Crippen LogP contribution in [0.5, 0.6) is 0 Å². The minimum absolute atomic E-state index is 0.122. The standard InChI is InChI=1S/C18H16BrClN4O2/c1-23-14-9-17(19)26-16(14)8-15(23)18(25)21-5-2-6-24-13-7-12(20)4-3-11(13)10-22-24/h3-4,7-10H,2,5-6H2,1H3,(H,21,25). The number of carbonyl (C=O) groups is 1. The Morgan fingerprint density at radius 2 is 2.15 bits per heavy atom. The van der Waals surface area contributed by atoms with Crippen LogP contribution in [0.15, 0.2) is 45.6 Å². The number of amides is 1. The minimum Gasteiger partial charge on any atom is -0.448 e. The molecule has 0 saturated heterocycles. The van der Waals surface area contributed by atoms with Gasteiger partial charge in [0.25, 0.3) is 5.91 Å². The summed E-state index contributed by atoms with van der Waals surface area (Å²) in [6.07, 6.45) is 2.59. The quantitative estimate of drug-likeness (QED) is 0.474. The summed E-state index contributed by atoms with van der Waals surface area (Å²) in [5, 5.41) is 9.07. The zero-order valence-corrected chi connectivity index (χ0v) is 16.3. The highest BCUT2D eigenvalue weighted by atomic mass is 79.9. The van der Waals surface area contributed by atoms with E-state index < -0.39 is 0 Å². The monoisotopic (exact) mass is 434 g/mol. The van der Waals surface area contributed by atoms with Gasteiger partial charge in [0.2, 0.25) is 0 Å². The third-order valence-corrected chi connectivity index (χ3v) is 5.00. The Balaban J connectivity index is 1.37. The lowest BCUT2D eigenvalue weighted by Gasteiger charge is -2.07. The molecule has 26 heavy (non-hydrogen) atoms. The second-order valence-electron chi connectivity index (χ2n) is 6.07. The second-order valence-corrected chi connectivity index (χ2v) is 7.29. The van der Waals surface area contributed by atoms with Gasteiger partial charge in [0, 0.05) is 42.7 Å². The van der Waals surface area contributed by atoms with Crippen molar-refractivity contribution in [3.63, 3.8) is 0 Å². The van der Waals surface area contributed by atoms with E-state index in [1.165, 1.54) is 0 Å². The molecular weight excluding hydrogens is 420 g/mol. The van der Waals surface area contributed by atoms with Crippen molar-refractivity contribution in [2.45, 2.75) is 13.0 Å². The van der Waals surface area contributed by atoms with Crippen LogP contribution in [0.3, 0.4) is 0 Å². The maximum absolute atomic E-state index is 12.4. The Hall–Kier alpha value is -2.25. The van der Waals surface area contributed by atoms with Crippen molar-refractivity contribution in [2.75, 3.05) is 6.54 Å². The lowest BCUT2D eigenvalue weighted by molar-refractivity contribution is 0.0945. The number of nitrogens with zero attached hydrogens (tertiary/aromatic N) is 3. The Morgan fingerprint density at radius 3 is 2.96 bits per heavy atom. The van der Waals surface area contributed by atoms with E-state index in [1.807, 2.05) is 46.8 Å². The minimum atomic E-state index is -0.122. The molecular formula is C18H16BrClN4O2. The van der Waals surface area contributed by atoms with Gasteiger partial charge in [0.05, 0.1) is 17.2 Å². The highest BCUT2D eigenvalue weighted by Crippen LogP contribution is 2.26. The predicted molar refractivity (Wildman–Crippen MR) is 105 cm³/mol. The summed E-state index contributed by atoms with van der Waals surface area (Å²) >= 11 is 9.35. The van der Waals surface area contributed by atoms with Crippen molar-refractivity contribution < 1.29 is 9.21 Å². The molecule has 0 fully saturated rings. The Bertz CT molecular complexity index is 1110. The molecule has 3 aromatic heterocycles. The van der Waals surface area contributed by atoms with Crippen LogP contribution in [0, 0.1) is 0 Å². The van der Waals surface area contributed by atoms with E-state index >= 15 is 0 Å². The molecule has 0 aliphatic carbocycles. The summed E-state index contributed by atoms with van der Waals surface area (Å²) in [6, 6.07) is 9.30. The molecule has 1 amide bonds. The summed E-state index contributed by atoms with van der Waals surface area (Å²) in [5.74, 6) is -0.122. The van der Waals surface area contributed by atoms with Crippen LogP contribution < -0.4 is 5.32 Å². The first-order valence-corrected chi connectivity index (χ1v) is 9.34. The zero-order valence-electron chi connectivity index (χ0n) is 14.0. The molecule has 8 heteroatoms.